The smallest absolute Gasteiger partial charge is 0.317 e. The number of amides is 2. The fourth-order valence-corrected chi connectivity index (χ4v) is 1.52. The maximum absolute atomic E-state index is 11.2. The molecule has 0 radical (unpaired) electrons. The van der Waals surface area contributed by atoms with Crippen molar-refractivity contribution in [2.45, 2.75) is 38.8 Å². The Kier molecular flexibility index (Phi) is 1.82. The average Bonchev–Trinajstić information content (AvgIpc) is 1.81. The molecule has 2 amide bonds. The number of nitrogens with one attached hydrogen (secondary N) is 1. The first kappa shape index (κ1) is 8.37. The van der Waals surface area contributed by atoms with Crippen molar-refractivity contribution in [3.8, 4) is 0 Å². The van der Waals surface area contributed by atoms with Gasteiger partial charge in [-0.3, -0.25) is 0 Å². The minimum atomic E-state index is 0.00174. The molecule has 1 rings (SSSR count). The molecule has 0 spiro atoms. The van der Waals surface area contributed by atoms with E-state index in [0.29, 0.717) is 6.04 Å². The highest BCUT2D eigenvalue weighted by atomic mass is 16.2. The summed E-state index contributed by atoms with van der Waals surface area (Å²) in [5.41, 5.74) is 0.00174. The second kappa shape index (κ2) is 2.40. The van der Waals surface area contributed by atoms with E-state index >= 15 is 0 Å². The first-order valence-corrected chi connectivity index (χ1v) is 3.98. The fraction of sp³-hybridized carbons (Fsp3) is 0.875. The van der Waals surface area contributed by atoms with Gasteiger partial charge in [-0.15, -0.1) is 0 Å². The summed E-state index contributed by atoms with van der Waals surface area (Å²) in [5, 5.41) is 2.87. The number of carbonyl (C=O) groups excluding carboxylic acids is 1. The Bertz CT molecular complexity index is 177. The number of hydrogen-bond acceptors (Lipinski definition) is 1. The first-order valence-electron chi connectivity index (χ1n) is 3.98. The molecule has 1 heterocycles. The molecule has 1 saturated heterocycles. The monoisotopic (exact) mass is 156 g/mol. The maximum Gasteiger partial charge on any atom is 0.317 e. The lowest BCUT2D eigenvalue weighted by Gasteiger charge is -2.42. The van der Waals surface area contributed by atoms with Crippen molar-refractivity contribution in [2.75, 3.05) is 7.05 Å². The maximum atomic E-state index is 11.2. The molecule has 0 aromatic rings. The molecule has 3 nitrogen and oxygen atoms in total. The Balaban J connectivity index is 2.75. The summed E-state index contributed by atoms with van der Waals surface area (Å²) in [5.74, 6) is 0. The van der Waals surface area contributed by atoms with Gasteiger partial charge in [0.1, 0.15) is 0 Å². The highest BCUT2D eigenvalue weighted by Crippen LogP contribution is 2.22. The predicted octanol–water partition coefficient (Wildman–Crippen LogP) is 1.20. The molecule has 0 saturated carbocycles. The van der Waals surface area contributed by atoms with Crippen LogP contribution in [0.4, 0.5) is 4.79 Å². The summed E-state index contributed by atoms with van der Waals surface area (Å²) >= 11 is 0. The molecule has 0 aromatic heterocycles. The summed E-state index contributed by atoms with van der Waals surface area (Å²) in [4.78, 5) is 13.0. The lowest BCUT2D eigenvalue weighted by Crippen LogP contribution is -2.59. The van der Waals surface area contributed by atoms with E-state index in [1.807, 2.05) is 14.0 Å². The SMILES string of the molecule is CC1CC(C)(C)N(C)C(=O)N1. The van der Waals surface area contributed by atoms with E-state index in [-0.39, 0.29) is 11.6 Å². The Morgan fingerprint density at radius 3 is 2.64 bits per heavy atom. The summed E-state index contributed by atoms with van der Waals surface area (Å²) in [6.45, 7) is 6.21. The number of carbonyl (C=O) groups is 1. The molecule has 1 fully saturated rings. The molecule has 0 bridgehead atoms. The van der Waals surface area contributed by atoms with Crippen LogP contribution in [0.5, 0.6) is 0 Å². The normalized spacial score (nSPS) is 30.0. The van der Waals surface area contributed by atoms with Crippen LogP contribution in [-0.2, 0) is 0 Å². The molecular formula is C8H16N2O. The van der Waals surface area contributed by atoms with Crippen LogP contribution in [0.1, 0.15) is 27.2 Å². The van der Waals surface area contributed by atoms with Crippen molar-refractivity contribution in [2.24, 2.45) is 0 Å². The third-order valence-electron chi connectivity index (χ3n) is 2.39. The van der Waals surface area contributed by atoms with Crippen LogP contribution in [0.2, 0.25) is 0 Å². The summed E-state index contributed by atoms with van der Waals surface area (Å²) < 4.78 is 0. The first-order chi connectivity index (χ1) is 4.93. The molecule has 1 N–H and O–H groups in total. The topological polar surface area (TPSA) is 32.3 Å². The van der Waals surface area contributed by atoms with E-state index in [1.165, 1.54) is 0 Å². The van der Waals surface area contributed by atoms with Gasteiger partial charge in [0.05, 0.1) is 0 Å². The number of rotatable bonds is 0. The van der Waals surface area contributed by atoms with Crippen LogP contribution >= 0.6 is 0 Å². The van der Waals surface area contributed by atoms with Crippen LogP contribution in [0, 0.1) is 0 Å². The minimum Gasteiger partial charge on any atom is -0.335 e. The largest absolute Gasteiger partial charge is 0.335 e. The van der Waals surface area contributed by atoms with Gasteiger partial charge in [-0.25, -0.2) is 4.79 Å². The van der Waals surface area contributed by atoms with Gasteiger partial charge in [0.15, 0.2) is 0 Å². The predicted molar refractivity (Wildman–Crippen MR) is 44.5 cm³/mol. The van der Waals surface area contributed by atoms with Gasteiger partial charge < -0.3 is 10.2 Å². The van der Waals surface area contributed by atoms with Crippen molar-refractivity contribution in [3.63, 3.8) is 0 Å². The van der Waals surface area contributed by atoms with Gasteiger partial charge in [-0.2, -0.15) is 0 Å². The third-order valence-corrected chi connectivity index (χ3v) is 2.39. The highest BCUT2D eigenvalue weighted by Gasteiger charge is 2.34. The van der Waals surface area contributed by atoms with Crippen LogP contribution in [0.25, 0.3) is 0 Å². The van der Waals surface area contributed by atoms with Crippen molar-refractivity contribution < 1.29 is 4.79 Å². The quantitative estimate of drug-likeness (QED) is 0.561. The van der Waals surface area contributed by atoms with Gasteiger partial charge in [0.2, 0.25) is 0 Å². The van der Waals surface area contributed by atoms with Gasteiger partial charge in [-0.05, 0) is 27.2 Å². The lowest BCUT2D eigenvalue weighted by atomic mass is 9.92. The van der Waals surface area contributed by atoms with E-state index < -0.39 is 0 Å². The summed E-state index contributed by atoms with van der Waals surface area (Å²) in [6.07, 6.45) is 1.01. The molecule has 0 aromatic carbocycles. The molecule has 0 aliphatic carbocycles. The minimum absolute atomic E-state index is 0.00174. The zero-order valence-electron chi connectivity index (χ0n) is 7.64. The lowest BCUT2D eigenvalue weighted by molar-refractivity contribution is 0.115. The molecule has 1 unspecified atom stereocenters. The molecule has 1 aliphatic heterocycles. The summed E-state index contributed by atoms with van der Waals surface area (Å²) in [6, 6.07) is 0.336. The molecule has 64 valence electrons. The van der Waals surface area contributed by atoms with Gasteiger partial charge in [0, 0.05) is 18.6 Å². The third kappa shape index (κ3) is 1.47. The van der Waals surface area contributed by atoms with Crippen LogP contribution in [0.3, 0.4) is 0 Å². The van der Waals surface area contributed by atoms with E-state index in [9.17, 15) is 4.79 Å². The van der Waals surface area contributed by atoms with Crippen molar-refractivity contribution in [1.82, 2.24) is 10.2 Å². The van der Waals surface area contributed by atoms with Crippen molar-refractivity contribution >= 4 is 6.03 Å². The Labute approximate surface area is 67.8 Å². The highest BCUT2D eigenvalue weighted by molar-refractivity contribution is 5.76. The van der Waals surface area contributed by atoms with E-state index in [1.54, 1.807) is 4.90 Å². The van der Waals surface area contributed by atoms with Crippen molar-refractivity contribution in [1.29, 1.82) is 0 Å². The number of hydrogen-bond donors (Lipinski definition) is 1. The Morgan fingerprint density at radius 2 is 2.18 bits per heavy atom. The second-order valence-corrected chi connectivity index (χ2v) is 3.93. The van der Waals surface area contributed by atoms with E-state index in [2.05, 4.69) is 19.2 Å². The standard InChI is InChI=1S/C8H16N2O/c1-6-5-8(2,3)10(4)7(11)9-6/h6H,5H2,1-4H3,(H,9,11). The van der Waals surface area contributed by atoms with Gasteiger partial charge in [-0.1, -0.05) is 0 Å². The van der Waals surface area contributed by atoms with Gasteiger partial charge in [0.25, 0.3) is 0 Å². The molecular weight excluding hydrogens is 140 g/mol. The molecule has 11 heavy (non-hydrogen) atoms. The average molecular weight is 156 g/mol. The molecule has 1 aliphatic rings. The number of nitrogens with zero attached hydrogens (tertiary/aromatic N) is 1. The molecule has 1 atom stereocenters. The second-order valence-electron chi connectivity index (χ2n) is 3.93. The van der Waals surface area contributed by atoms with Crippen LogP contribution in [-0.4, -0.2) is 29.6 Å². The van der Waals surface area contributed by atoms with Gasteiger partial charge >= 0.3 is 6.03 Å². The van der Waals surface area contributed by atoms with Crippen LogP contribution in [0.15, 0.2) is 0 Å². The molecule has 3 heteroatoms. The zero-order valence-corrected chi connectivity index (χ0v) is 7.64. The zero-order chi connectivity index (χ0) is 8.65. The Hall–Kier alpha value is -0.730. The van der Waals surface area contributed by atoms with Crippen LogP contribution < -0.4 is 5.32 Å². The van der Waals surface area contributed by atoms with Crippen molar-refractivity contribution in [3.05, 3.63) is 0 Å². The van der Waals surface area contributed by atoms with E-state index in [4.69, 9.17) is 0 Å². The number of urea groups is 1. The van der Waals surface area contributed by atoms with E-state index in [0.717, 1.165) is 6.42 Å². The summed E-state index contributed by atoms with van der Waals surface area (Å²) in [7, 11) is 1.83. The Morgan fingerprint density at radius 1 is 1.64 bits per heavy atom. The fourth-order valence-electron chi connectivity index (χ4n) is 1.52.